The van der Waals surface area contributed by atoms with Gasteiger partial charge in [-0.3, -0.25) is 4.79 Å². The van der Waals surface area contributed by atoms with Crippen LogP contribution in [0.4, 0.5) is 0 Å². The fourth-order valence-electron chi connectivity index (χ4n) is 1.89. The first-order valence-corrected chi connectivity index (χ1v) is 6.23. The smallest absolute Gasteiger partial charge is 0.251 e. The minimum absolute atomic E-state index is 0.114. The molecule has 0 spiro atoms. The zero-order chi connectivity index (χ0) is 13.7. The molecular formula is C14H17N3O2. The summed E-state index contributed by atoms with van der Waals surface area (Å²) < 4.78 is 0. The summed E-state index contributed by atoms with van der Waals surface area (Å²) >= 11 is 0. The Morgan fingerprint density at radius 2 is 2.32 bits per heavy atom. The van der Waals surface area contributed by atoms with Crippen molar-refractivity contribution >= 4 is 5.91 Å². The Labute approximate surface area is 111 Å². The second-order valence-corrected chi connectivity index (χ2v) is 4.39. The summed E-state index contributed by atoms with van der Waals surface area (Å²) in [4.78, 5) is 19.1. The first-order valence-electron chi connectivity index (χ1n) is 6.23. The molecule has 2 aromatic rings. The third-order valence-corrected chi connectivity index (χ3v) is 2.89. The van der Waals surface area contributed by atoms with Crippen LogP contribution in [0.1, 0.15) is 28.2 Å². The Hall–Kier alpha value is -2.30. The van der Waals surface area contributed by atoms with Crippen molar-refractivity contribution < 1.29 is 9.90 Å². The minimum atomic E-state index is -0.114. The summed E-state index contributed by atoms with van der Waals surface area (Å²) in [5.74, 6) is 0.985. The zero-order valence-electron chi connectivity index (χ0n) is 10.8. The lowest BCUT2D eigenvalue weighted by Crippen LogP contribution is -2.25. The van der Waals surface area contributed by atoms with Gasteiger partial charge >= 0.3 is 0 Å². The number of carbonyl (C=O) groups excluding carboxylic acids is 1. The van der Waals surface area contributed by atoms with E-state index in [0.717, 1.165) is 24.2 Å². The Bertz CT molecular complexity index is 550. The number of imidazole rings is 1. The number of amides is 1. The molecule has 0 aliphatic heterocycles. The number of aromatic nitrogens is 2. The molecular weight excluding hydrogens is 242 g/mol. The number of nitrogens with one attached hydrogen (secondary N) is 2. The van der Waals surface area contributed by atoms with Crippen LogP contribution in [0, 0.1) is 6.92 Å². The molecule has 1 aromatic heterocycles. The first kappa shape index (κ1) is 13.1. The molecule has 3 N–H and O–H groups in total. The molecule has 1 aromatic carbocycles. The monoisotopic (exact) mass is 259 g/mol. The fourth-order valence-corrected chi connectivity index (χ4v) is 1.89. The van der Waals surface area contributed by atoms with Crippen LogP contribution in [0.25, 0.3) is 0 Å². The maximum Gasteiger partial charge on any atom is 0.251 e. The van der Waals surface area contributed by atoms with Crippen molar-refractivity contribution in [2.24, 2.45) is 0 Å². The van der Waals surface area contributed by atoms with Gasteiger partial charge in [-0.15, -0.1) is 0 Å². The molecule has 0 atom stereocenters. The third-order valence-electron chi connectivity index (χ3n) is 2.89. The van der Waals surface area contributed by atoms with Crippen LogP contribution in [0.15, 0.2) is 30.6 Å². The minimum Gasteiger partial charge on any atom is -0.508 e. The van der Waals surface area contributed by atoms with Crippen LogP contribution in [0.5, 0.6) is 5.75 Å². The molecule has 0 radical (unpaired) electrons. The number of H-pyrrole nitrogens is 1. The van der Waals surface area contributed by atoms with E-state index in [2.05, 4.69) is 15.3 Å². The van der Waals surface area contributed by atoms with Crippen molar-refractivity contribution in [2.45, 2.75) is 19.8 Å². The second kappa shape index (κ2) is 6.04. The van der Waals surface area contributed by atoms with E-state index in [1.54, 1.807) is 31.5 Å². The molecule has 5 heteroatoms. The number of aromatic amines is 1. The maximum absolute atomic E-state index is 11.9. The van der Waals surface area contributed by atoms with Gasteiger partial charge in [0.15, 0.2) is 0 Å². The number of benzene rings is 1. The molecule has 5 nitrogen and oxygen atoms in total. The van der Waals surface area contributed by atoms with Crippen molar-refractivity contribution in [3.05, 3.63) is 47.5 Å². The fraction of sp³-hybridized carbons (Fsp3) is 0.286. The van der Waals surface area contributed by atoms with Crippen LogP contribution in [0.2, 0.25) is 0 Å². The average molecular weight is 259 g/mol. The lowest BCUT2D eigenvalue weighted by Gasteiger charge is -2.07. The Kier molecular flexibility index (Phi) is 4.18. The number of rotatable bonds is 5. The van der Waals surface area contributed by atoms with E-state index in [1.165, 1.54) is 6.07 Å². The van der Waals surface area contributed by atoms with Crippen LogP contribution in [-0.4, -0.2) is 27.5 Å². The van der Waals surface area contributed by atoms with Gasteiger partial charge in [0, 0.05) is 30.9 Å². The van der Waals surface area contributed by atoms with E-state index in [9.17, 15) is 9.90 Å². The molecule has 0 aliphatic rings. The van der Waals surface area contributed by atoms with E-state index in [4.69, 9.17) is 0 Å². The number of hydrogen-bond acceptors (Lipinski definition) is 3. The molecule has 0 saturated heterocycles. The highest BCUT2D eigenvalue weighted by Crippen LogP contribution is 2.15. The summed E-state index contributed by atoms with van der Waals surface area (Å²) in [5, 5.41) is 12.2. The molecule has 2 rings (SSSR count). The van der Waals surface area contributed by atoms with Crippen molar-refractivity contribution in [3.8, 4) is 5.75 Å². The SMILES string of the molecule is Cc1cc(O)ccc1C(=O)NCCCc1ncc[nH]1. The number of aromatic hydroxyl groups is 1. The highest BCUT2D eigenvalue weighted by molar-refractivity contribution is 5.95. The van der Waals surface area contributed by atoms with Gasteiger partial charge in [0.1, 0.15) is 11.6 Å². The van der Waals surface area contributed by atoms with Crippen LogP contribution < -0.4 is 5.32 Å². The normalized spacial score (nSPS) is 10.4. The predicted octanol–water partition coefficient (Wildman–Crippen LogP) is 1.79. The molecule has 0 bridgehead atoms. The summed E-state index contributed by atoms with van der Waals surface area (Å²) in [5.41, 5.74) is 1.36. The molecule has 1 heterocycles. The first-order chi connectivity index (χ1) is 9.16. The van der Waals surface area contributed by atoms with Gasteiger partial charge in [0.2, 0.25) is 0 Å². The summed E-state index contributed by atoms with van der Waals surface area (Å²) in [6.45, 7) is 2.40. The van der Waals surface area contributed by atoms with Gasteiger partial charge < -0.3 is 15.4 Å². The van der Waals surface area contributed by atoms with Gasteiger partial charge in [0.25, 0.3) is 5.91 Å². The maximum atomic E-state index is 11.9. The molecule has 0 aliphatic carbocycles. The second-order valence-electron chi connectivity index (χ2n) is 4.39. The van der Waals surface area contributed by atoms with Gasteiger partial charge in [-0.2, -0.15) is 0 Å². The number of nitrogens with zero attached hydrogens (tertiary/aromatic N) is 1. The molecule has 19 heavy (non-hydrogen) atoms. The van der Waals surface area contributed by atoms with E-state index in [1.807, 2.05) is 0 Å². The molecule has 0 fully saturated rings. The lowest BCUT2D eigenvalue weighted by molar-refractivity contribution is 0.0952. The molecule has 0 unspecified atom stereocenters. The van der Waals surface area contributed by atoms with Crippen molar-refractivity contribution in [1.82, 2.24) is 15.3 Å². The van der Waals surface area contributed by atoms with Gasteiger partial charge in [0.05, 0.1) is 0 Å². The summed E-state index contributed by atoms with van der Waals surface area (Å²) in [6, 6.07) is 4.73. The summed E-state index contributed by atoms with van der Waals surface area (Å²) in [7, 11) is 0. The zero-order valence-corrected chi connectivity index (χ0v) is 10.8. The standard InChI is InChI=1S/C14H17N3O2/c1-10-9-11(18)4-5-12(10)14(19)17-6-2-3-13-15-7-8-16-13/h4-5,7-9,18H,2-3,6H2,1H3,(H,15,16)(H,17,19). The van der Waals surface area contributed by atoms with Crippen molar-refractivity contribution in [3.63, 3.8) is 0 Å². The Morgan fingerprint density at radius 1 is 1.47 bits per heavy atom. The summed E-state index contributed by atoms with van der Waals surface area (Å²) in [6.07, 6.45) is 5.14. The van der Waals surface area contributed by atoms with Crippen LogP contribution in [0.3, 0.4) is 0 Å². The molecule has 100 valence electrons. The van der Waals surface area contributed by atoms with Crippen LogP contribution in [-0.2, 0) is 6.42 Å². The highest BCUT2D eigenvalue weighted by Gasteiger charge is 2.08. The van der Waals surface area contributed by atoms with Crippen molar-refractivity contribution in [1.29, 1.82) is 0 Å². The Balaban J connectivity index is 1.81. The Morgan fingerprint density at radius 3 is 3.00 bits per heavy atom. The number of phenols is 1. The topological polar surface area (TPSA) is 78.0 Å². The number of aryl methyl sites for hydroxylation is 2. The highest BCUT2D eigenvalue weighted by atomic mass is 16.3. The van der Waals surface area contributed by atoms with Crippen LogP contribution >= 0.6 is 0 Å². The lowest BCUT2D eigenvalue weighted by atomic mass is 10.1. The predicted molar refractivity (Wildman–Crippen MR) is 72.1 cm³/mol. The molecule has 0 saturated carbocycles. The number of carbonyl (C=O) groups is 1. The average Bonchev–Trinajstić information content (AvgIpc) is 2.87. The van der Waals surface area contributed by atoms with E-state index < -0.39 is 0 Å². The number of hydrogen-bond donors (Lipinski definition) is 3. The largest absolute Gasteiger partial charge is 0.508 e. The third kappa shape index (κ3) is 3.58. The van der Waals surface area contributed by atoms with Gasteiger partial charge in [-0.25, -0.2) is 4.98 Å². The van der Waals surface area contributed by atoms with Gasteiger partial charge in [-0.05, 0) is 37.1 Å². The quantitative estimate of drug-likeness (QED) is 0.716. The van der Waals surface area contributed by atoms with Gasteiger partial charge in [-0.1, -0.05) is 0 Å². The van der Waals surface area contributed by atoms with E-state index >= 15 is 0 Å². The van der Waals surface area contributed by atoms with Crippen molar-refractivity contribution in [2.75, 3.05) is 6.54 Å². The van der Waals surface area contributed by atoms with E-state index in [0.29, 0.717) is 12.1 Å². The number of phenolic OH excluding ortho intramolecular Hbond substituents is 1. The molecule has 1 amide bonds. The van der Waals surface area contributed by atoms with E-state index in [-0.39, 0.29) is 11.7 Å².